The lowest BCUT2D eigenvalue weighted by Crippen LogP contribution is -2.12. The molecule has 0 amide bonds. The van der Waals surface area contributed by atoms with E-state index in [0.717, 1.165) is 0 Å². The van der Waals surface area contributed by atoms with Gasteiger partial charge in [-0.1, -0.05) is 0 Å². The highest BCUT2D eigenvalue weighted by molar-refractivity contribution is 7.14. The van der Waals surface area contributed by atoms with Gasteiger partial charge in [0.15, 0.2) is 17.3 Å². The average Bonchev–Trinajstić information content (AvgIpc) is 3.33. The molecule has 5 rings (SSSR count). The number of ether oxygens (including phenoxy) is 1. The molecule has 2 N–H and O–H groups in total. The second-order valence-corrected chi connectivity index (χ2v) is 8.85. The van der Waals surface area contributed by atoms with Crippen molar-refractivity contribution in [1.82, 2.24) is 19.7 Å². The fourth-order valence-electron chi connectivity index (χ4n) is 4.03. The van der Waals surface area contributed by atoms with Crippen molar-refractivity contribution in [2.24, 2.45) is 7.05 Å². The second kappa shape index (κ2) is 7.50. The van der Waals surface area contributed by atoms with Crippen molar-refractivity contribution in [2.45, 2.75) is 20.0 Å². The minimum absolute atomic E-state index is 0.0775. The number of pyridine rings is 1. The summed E-state index contributed by atoms with van der Waals surface area (Å²) < 4.78 is 21.7. The monoisotopic (exact) mass is 460 g/mol. The Hall–Kier alpha value is -4.10. The lowest BCUT2D eigenvalue weighted by molar-refractivity contribution is 0.103. The lowest BCUT2D eigenvalue weighted by Gasteiger charge is -2.20. The summed E-state index contributed by atoms with van der Waals surface area (Å²) in [6.07, 6.45) is 0.836. The molecule has 10 heteroatoms. The van der Waals surface area contributed by atoms with Gasteiger partial charge in [0.1, 0.15) is 28.6 Å². The summed E-state index contributed by atoms with van der Waals surface area (Å²) >= 11 is 1.23. The van der Waals surface area contributed by atoms with Gasteiger partial charge >= 0.3 is 0 Å². The number of aryl methyl sites for hydroxylation is 2. The van der Waals surface area contributed by atoms with Gasteiger partial charge in [0.2, 0.25) is 5.78 Å². The summed E-state index contributed by atoms with van der Waals surface area (Å²) in [5, 5.41) is 14.6. The molecular formula is C23H17FN6O2S. The zero-order valence-electron chi connectivity index (χ0n) is 17.9. The fraction of sp³-hybridized carbons (Fsp3) is 0.174. The van der Waals surface area contributed by atoms with Crippen LogP contribution in [0, 0.1) is 24.1 Å². The number of rotatable bonds is 0. The first-order valence-corrected chi connectivity index (χ1v) is 10.8. The first-order chi connectivity index (χ1) is 15.8. The van der Waals surface area contributed by atoms with Gasteiger partial charge in [0, 0.05) is 29.9 Å². The Bertz CT molecular complexity index is 1500. The summed E-state index contributed by atoms with van der Waals surface area (Å²) in [4.78, 5) is 23.0. The van der Waals surface area contributed by atoms with Crippen LogP contribution in [0.2, 0.25) is 0 Å². The molecule has 2 bridgehead atoms. The highest BCUT2D eigenvalue weighted by Crippen LogP contribution is 2.40. The third-order valence-corrected chi connectivity index (χ3v) is 6.46. The number of thiazole rings is 1. The Labute approximate surface area is 192 Å². The topological polar surface area (TPSA) is 120 Å². The van der Waals surface area contributed by atoms with E-state index in [4.69, 9.17) is 10.5 Å². The van der Waals surface area contributed by atoms with Crippen molar-refractivity contribution in [3.63, 3.8) is 0 Å². The summed E-state index contributed by atoms with van der Waals surface area (Å²) in [5.74, 6) is -0.411. The Morgan fingerprint density at radius 1 is 1.33 bits per heavy atom. The number of ketones is 1. The molecule has 8 nitrogen and oxygen atoms in total. The Kier molecular flexibility index (Phi) is 4.72. The van der Waals surface area contributed by atoms with Gasteiger partial charge in [-0.05, 0) is 38.1 Å². The van der Waals surface area contributed by atoms with Crippen LogP contribution in [0.4, 0.5) is 10.2 Å². The number of nitriles is 1. The first kappa shape index (κ1) is 20.8. The number of nitrogens with two attached hydrogens (primary N) is 1. The largest absolute Gasteiger partial charge is 0.482 e. The first-order valence-electron chi connectivity index (χ1n) is 10.00. The molecule has 1 aromatic carbocycles. The normalized spacial score (nSPS) is 14.8. The molecule has 1 atom stereocenters. The number of anilines is 1. The number of hydrogen-bond donors (Lipinski definition) is 1. The average molecular weight is 460 g/mol. The minimum Gasteiger partial charge on any atom is -0.482 e. The van der Waals surface area contributed by atoms with Crippen LogP contribution in [0.1, 0.15) is 44.7 Å². The van der Waals surface area contributed by atoms with Crippen molar-refractivity contribution in [3.8, 4) is 34.2 Å². The number of carbonyl (C=O) groups is 1. The predicted molar refractivity (Wildman–Crippen MR) is 120 cm³/mol. The van der Waals surface area contributed by atoms with Crippen LogP contribution in [-0.4, -0.2) is 25.5 Å². The van der Waals surface area contributed by atoms with Crippen molar-refractivity contribution in [3.05, 3.63) is 63.1 Å². The number of aromatic nitrogens is 4. The van der Waals surface area contributed by atoms with Gasteiger partial charge in [-0.2, -0.15) is 10.4 Å². The van der Waals surface area contributed by atoms with E-state index in [0.29, 0.717) is 37.8 Å². The number of nitrogens with zero attached hydrogens (tertiary/aromatic N) is 5. The number of benzene rings is 1. The summed E-state index contributed by atoms with van der Waals surface area (Å²) in [5.41, 5.74) is 8.66. The van der Waals surface area contributed by atoms with Crippen molar-refractivity contribution >= 4 is 22.9 Å². The molecule has 0 spiro atoms. The number of carbonyl (C=O) groups excluding carboxylic acids is 1. The van der Waals surface area contributed by atoms with Crippen LogP contribution in [0.3, 0.4) is 0 Å². The lowest BCUT2D eigenvalue weighted by atomic mass is 9.96. The zero-order chi connectivity index (χ0) is 23.4. The summed E-state index contributed by atoms with van der Waals surface area (Å²) in [6.45, 7) is 3.55. The molecule has 0 saturated heterocycles. The molecule has 4 aromatic rings. The van der Waals surface area contributed by atoms with E-state index in [9.17, 15) is 14.4 Å². The van der Waals surface area contributed by atoms with Crippen LogP contribution in [0.25, 0.3) is 22.4 Å². The van der Waals surface area contributed by atoms with Crippen LogP contribution < -0.4 is 10.5 Å². The maximum atomic E-state index is 14.3. The van der Waals surface area contributed by atoms with Crippen LogP contribution in [0.15, 0.2) is 30.5 Å². The van der Waals surface area contributed by atoms with Gasteiger partial charge in [-0.3, -0.25) is 9.48 Å². The molecule has 33 heavy (non-hydrogen) atoms. The molecule has 0 aliphatic carbocycles. The third kappa shape index (κ3) is 3.25. The predicted octanol–water partition coefficient (Wildman–Crippen LogP) is 4.19. The van der Waals surface area contributed by atoms with Gasteiger partial charge in [-0.15, -0.1) is 11.3 Å². The Morgan fingerprint density at radius 3 is 2.88 bits per heavy atom. The fourth-order valence-corrected chi connectivity index (χ4v) is 4.91. The zero-order valence-corrected chi connectivity index (χ0v) is 18.7. The van der Waals surface area contributed by atoms with E-state index in [-0.39, 0.29) is 28.7 Å². The molecule has 164 valence electrons. The van der Waals surface area contributed by atoms with Crippen molar-refractivity contribution < 1.29 is 13.9 Å². The summed E-state index contributed by atoms with van der Waals surface area (Å²) in [7, 11) is 1.60. The molecular weight excluding hydrogens is 443 g/mol. The van der Waals surface area contributed by atoms with Crippen LogP contribution >= 0.6 is 11.3 Å². The van der Waals surface area contributed by atoms with Crippen molar-refractivity contribution in [2.75, 3.05) is 5.73 Å². The van der Waals surface area contributed by atoms with Crippen LogP contribution in [0.5, 0.6) is 5.75 Å². The number of hydrogen-bond acceptors (Lipinski definition) is 8. The number of nitrogen functional groups attached to an aromatic ring is 1. The Morgan fingerprint density at radius 2 is 2.12 bits per heavy atom. The maximum absolute atomic E-state index is 14.3. The van der Waals surface area contributed by atoms with E-state index in [2.05, 4.69) is 21.1 Å². The molecule has 1 aliphatic heterocycles. The minimum atomic E-state index is -0.636. The van der Waals surface area contributed by atoms with E-state index >= 15 is 0 Å². The smallest absolute Gasteiger partial charge is 0.223 e. The maximum Gasteiger partial charge on any atom is 0.223 e. The van der Waals surface area contributed by atoms with E-state index < -0.39 is 11.9 Å². The SMILES string of the molecule is Cc1nc2c(s1)C(=O)c1c(c(C#N)nn1C)-c1cnc(N)c(c1)O[C@H](C)c1cc(F)ccc1-2. The van der Waals surface area contributed by atoms with E-state index in [1.807, 2.05) is 0 Å². The molecule has 0 unspecified atom stereocenters. The molecule has 4 heterocycles. The second-order valence-electron chi connectivity index (χ2n) is 7.65. The van der Waals surface area contributed by atoms with Crippen LogP contribution in [-0.2, 0) is 7.05 Å². The molecule has 0 fully saturated rings. The molecule has 3 aromatic heterocycles. The van der Waals surface area contributed by atoms with Gasteiger partial charge in [0.25, 0.3) is 0 Å². The van der Waals surface area contributed by atoms with E-state index in [1.165, 1.54) is 34.3 Å². The highest BCUT2D eigenvalue weighted by atomic mass is 32.1. The van der Waals surface area contributed by atoms with Gasteiger partial charge in [0.05, 0.1) is 16.3 Å². The van der Waals surface area contributed by atoms with E-state index in [1.54, 1.807) is 33.0 Å². The standard InChI is InChI=1S/C23H17FN6O2S/c1-10-15-7-13(24)4-5-14(15)19-22(33-11(2)28-19)21(31)20-18(16(8-25)29-30(20)3)12-6-17(32-10)23(26)27-9-12/h4-7,9-10H,1-3H3,(H2,26,27)/t10-/m1/s1. The number of fused-ring (bicyclic) bond motifs is 7. The van der Waals surface area contributed by atoms with Gasteiger partial charge in [-0.25, -0.2) is 14.4 Å². The van der Waals surface area contributed by atoms with Crippen molar-refractivity contribution in [1.29, 1.82) is 5.26 Å². The van der Waals surface area contributed by atoms with Gasteiger partial charge < -0.3 is 10.5 Å². The molecule has 0 radical (unpaired) electrons. The Balaban J connectivity index is 1.90. The number of halogens is 1. The highest BCUT2D eigenvalue weighted by Gasteiger charge is 2.31. The third-order valence-electron chi connectivity index (χ3n) is 5.49. The summed E-state index contributed by atoms with van der Waals surface area (Å²) in [6, 6.07) is 7.95. The quantitative estimate of drug-likeness (QED) is 0.418. The molecule has 0 saturated carbocycles. The molecule has 1 aliphatic rings.